The Bertz CT molecular complexity index is 545. The minimum absolute atomic E-state index is 0.136. The van der Waals surface area contributed by atoms with Gasteiger partial charge in [-0.05, 0) is 25.3 Å². The van der Waals surface area contributed by atoms with Gasteiger partial charge in [0.05, 0.1) is 4.92 Å². The monoisotopic (exact) mass is 295 g/mol. The average molecular weight is 295 g/mol. The molecule has 0 spiro atoms. The number of pyridine rings is 1. The molecule has 116 valence electrons. The van der Waals surface area contributed by atoms with E-state index in [1.165, 1.54) is 6.07 Å². The number of hydrogen-bond acceptors (Lipinski definition) is 6. The molecule has 1 rings (SSSR count). The molecule has 0 aromatic carbocycles. The molecule has 8 heteroatoms. The Balaban J connectivity index is 3.19. The summed E-state index contributed by atoms with van der Waals surface area (Å²) in [6.45, 7) is 6.29. The standard InChI is InChI=1S/C13H21N5O3/c1-8(2)7-9(3)17(4)11-6-5-10(18(20)21)12(15-11)13(14)16-19/h5-6,8-9,19H,7H2,1-4H3,(H2,14,16). The minimum Gasteiger partial charge on any atom is -0.409 e. The number of nitrogens with zero attached hydrogens (tertiary/aromatic N) is 4. The van der Waals surface area contributed by atoms with Gasteiger partial charge in [-0.25, -0.2) is 4.98 Å². The van der Waals surface area contributed by atoms with E-state index >= 15 is 0 Å². The fraction of sp³-hybridized carbons (Fsp3) is 0.538. The molecule has 21 heavy (non-hydrogen) atoms. The van der Waals surface area contributed by atoms with Crippen molar-refractivity contribution in [2.24, 2.45) is 16.8 Å². The lowest BCUT2D eigenvalue weighted by Gasteiger charge is -2.27. The van der Waals surface area contributed by atoms with Gasteiger partial charge in [0.1, 0.15) is 5.82 Å². The predicted molar refractivity (Wildman–Crippen MR) is 80.7 cm³/mol. The molecule has 1 aromatic rings. The van der Waals surface area contributed by atoms with Crippen molar-refractivity contribution >= 4 is 17.3 Å². The van der Waals surface area contributed by atoms with Gasteiger partial charge in [0.2, 0.25) is 0 Å². The zero-order valence-corrected chi connectivity index (χ0v) is 12.6. The van der Waals surface area contributed by atoms with Crippen LogP contribution in [-0.2, 0) is 0 Å². The van der Waals surface area contributed by atoms with Crippen molar-refractivity contribution in [2.75, 3.05) is 11.9 Å². The first-order valence-electron chi connectivity index (χ1n) is 6.64. The largest absolute Gasteiger partial charge is 0.409 e. The van der Waals surface area contributed by atoms with E-state index in [1.807, 2.05) is 18.9 Å². The number of nitro groups is 1. The van der Waals surface area contributed by atoms with Crippen LogP contribution >= 0.6 is 0 Å². The molecule has 0 aliphatic carbocycles. The lowest BCUT2D eigenvalue weighted by Crippen LogP contribution is -2.31. The van der Waals surface area contributed by atoms with E-state index in [9.17, 15) is 10.1 Å². The van der Waals surface area contributed by atoms with Crippen LogP contribution in [0.25, 0.3) is 0 Å². The molecule has 1 heterocycles. The fourth-order valence-electron chi connectivity index (χ4n) is 2.09. The Morgan fingerprint density at radius 2 is 2.14 bits per heavy atom. The number of rotatable bonds is 6. The Kier molecular flexibility index (Phi) is 5.45. The number of hydrogen-bond donors (Lipinski definition) is 2. The molecule has 0 saturated heterocycles. The van der Waals surface area contributed by atoms with E-state index in [-0.39, 0.29) is 23.3 Å². The van der Waals surface area contributed by atoms with Crippen LogP contribution < -0.4 is 10.6 Å². The van der Waals surface area contributed by atoms with Gasteiger partial charge in [0.15, 0.2) is 11.5 Å². The SMILES string of the molecule is CC(C)CC(C)N(C)c1ccc([N+](=O)[O-])c(/C(N)=N/O)n1. The number of amidine groups is 1. The summed E-state index contributed by atoms with van der Waals surface area (Å²) < 4.78 is 0. The van der Waals surface area contributed by atoms with Gasteiger partial charge >= 0.3 is 0 Å². The van der Waals surface area contributed by atoms with Gasteiger partial charge in [-0.3, -0.25) is 10.1 Å². The molecule has 0 aliphatic rings. The van der Waals surface area contributed by atoms with Gasteiger partial charge in [0, 0.05) is 19.2 Å². The van der Waals surface area contributed by atoms with Crippen LogP contribution in [-0.4, -0.2) is 34.0 Å². The Morgan fingerprint density at radius 1 is 1.52 bits per heavy atom. The Morgan fingerprint density at radius 3 is 2.62 bits per heavy atom. The smallest absolute Gasteiger partial charge is 0.298 e. The minimum atomic E-state index is -0.609. The van der Waals surface area contributed by atoms with E-state index in [1.54, 1.807) is 6.07 Å². The topological polar surface area (TPSA) is 118 Å². The predicted octanol–water partition coefficient (Wildman–Crippen LogP) is 1.96. The van der Waals surface area contributed by atoms with Crippen LogP contribution in [0.1, 0.15) is 32.9 Å². The van der Waals surface area contributed by atoms with Gasteiger partial charge in [-0.2, -0.15) is 0 Å². The number of anilines is 1. The third-order valence-electron chi connectivity index (χ3n) is 3.24. The van der Waals surface area contributed by atoms with Crippen LogP contribution in [0, 0.1) is 16.0 Å². The summed E-state index contributed by atoms with van der Waals surface area (Å²) >= 11 is 0. The second kappa shape index (κ2) is 6.87. The second-order valence-electron chi connectivity index (χ2n) is 5.37. The number of nitrogens with two attached hydrogens (primary N) is 1. The summed E-state index contributed by atoms with van der Waals surface area (Å²) in [5, 5.41) is 22.5. The zero-order chi connectivity index (χ0) is 16.2. The van der Waals surface area contributed by atoms with Gasteiger partial charge in [-0.15, -0.1) is 0 Å². The van der Waals surface area contributed by atoms with Crippen molar-refractivity contribution in [2.45, 2.75) is 33.2 Å². The molecule has 3 N–H and O–H groups in total. The Hall–Kier alpha value is -2.38. The Labute approximate surface area is 123 Å². The highest BCUT2D eigenvalue weighted by Crippen LogP contribution is 2.23. The highest BCUT2D eigenvalue weighted by Gasteiger charge is 2.22. The lowest BCUT2D eigenvalue weighted by atomic mass is 10.0. The third kappa shape index (κ3) is 4.04. The van der Waals surface area contributed by atoms with Crippen LogP contribution in [0.5, 0.6) is 0 Å². The molecule has 8 nitrogen and oxygen atoms in total. The maximum absolute atomic E-state index is 11.0. The first-order chi connectivity index (χ1) is 9.77. The third-order valence-corrected chi connectivity index (χ3v) is 3.24. The summed E-state index contributed by atoms with van der Waals surface area (Å²) in [5.41, 5.74) is 5.05. The van der Waals surface area contributed by atoms with Crippen molar-refractivity contribution in [3.05, 3.63) is 27.9 Å². The second-order valence-corrected chi connectivity index (χ2v) is 5.37. The first-order valence-corrected chi connectivity index (χ1v) is 6.64. The van der Waals surface area contributed by atoms with Crippen molar-refractivity contribution in [1.82, 2.24) is 4.98 Å². The van der Waals surface area contributed by atoms with E-state index in [0.29, 0.717) is 11.7 Å². The molecule has 0 bridgehead atoms. The molecule has 1 atom stereocenters. The van der Waals surface area contributed by atoms with Crippen LogP contribution in [0.2, 0.25) is 0 Å². The highest BCUT2D eigenvalue weighted by molar-refractivity contribution is 5.99. The summed E-state index contributed by atoms with van der Waals surface area (Å²) in [6.07, 6.45) is 0.952. The number of oxime groups is 1. The molecular weight excluding hydrogens is 274 g/mol. The van der Waals surface area contributed by atoms with Crippen molar-refractivity contribution in [3.63, 3.8) is 0 Å². The van der Waals surface area contributed by atoms with Crippen LogP contribution in [0.15, 0.2) is 17.3 Å². The summed E-state index contributed by atoms with van der Waals surface area (Å²) in [6, 6.07) is 3.08. The zero-order valence-electron chi connectivity index (χ0n) is 12.6. The fourth-order valence-corrected chi connectivity index (χ4v) is 2.09. The summed E-state index contributed by atoms with van der Waals surface area (Å²) in [7, 11) is 1.86. The van der Waals surface area contributed by atoms with Crippen molar-refractivity contribution in [3.8, 4) is 0 Å². The molecule has 0 radical (unpaired) electrons. The highest BCUT2D eigenvalue weighted by atomic mass is 16.6. The molecular formula is C13H21N5O3. The van der Waals surface area contributed by atoms with Crippen LogP contribution in [0.4, 0.5) is 11.5 Å². The summed E-state index contributed by atoms with van der Waals surface area (Å²) in [5.74, 6) is 0.674. The normalized spacial score (nSPS) is 13.3. The molecule has 0 saturated carbocycles. The van der Waals surface area contributed by atoms with Crippen molar-refractivity contribution < 1.29 is 10.1 Å². The molecule has 1 unspecified atom stereocenters. The molecule has 1 aromatic heterocycles. The van der Waals surface area contributed by atoms with Gasteiger partial charge < -0.3 is 15.8 Å². The maximum Gasteiger partial charge on any atom is 0.298 e. The number of aromatic nitrogens is 1. The molecule has 0 fully saturated rings. The van der Waals surface area contributed by atoms with E-state index in [2.05, 4.69) is 24.0 Å². The average Bonchev–Trinajstić information content (AvgIpc) is 2.44. The van der Waals surface area contributed by atoms with Gasteiger partial charge in [0.25, 0.3) is 5.69 Å². The lowest BCUT2D eigenvalue weighted by molar-refractivity contribution is -0.385. The maximum atomic E-state index is 11.0. The van der Waals surface area contributed by atoms with E-state index in [0.717, 1.165) is 6.42 Å². The summed E-state index contributed by atoms with van der Waals surface area (Å²) in [4.78, 5) is 16.4. The van der Waals surface area contributed by atoms with E-state index < -0.39 is 4.92 Å². The molecule has 0 amide bonds. The van der Waals surface area contributed by atoms with E-state index in [4.69, 9.17) is 10.9 Å². The molecule has 0 aliphatic heterocycles. The quantitative estimate of drug-likeness (QED) is 0.272. The first kappa shape index (κ1) is 16.7. The van der Waals surface area contributed by atoms with Crippen LogP contribution in [0.3, 0.4) is 0 Å². The van der Waals surface area contributed by atoms with Crippen molar-refractivity contribution in [1.29, 1.82) is 0 Å². The van der Waals surface area contributed by atoms with Gasteiger partial charge in [-0.1, -0.05) is 19.0 Å².